The van der Waals surface area contributed by atoms with Crippen molar-refractivity contribution in [2.45, 2.75) is 13.8 Å². The highest BCUT2D eigenvalue weighted by molar-refractivity contribution is 6.33. The Kier molecular flexibility index (Phi) is 8.05. The minimum Gasteiger partial charge on any atom is -0.493 e. The van der Waals surface area contributed by atoms with Crippen molar-refractivity contribution >= 4 is 29.7 Å². The van der Waals surface area contributed by atoms with Crippen LogP contribution >= 0.6 is 11.6 Å². The topological polar surface area (TPSA) is 86.2 Å². The molecule has 1 amide bonds. The van der Waals surface area contributed by atoms with Crippen molar-refractivity contribution in [2.75, 3.05) is 13.7 Å². The van der Waals surface area contributed by atoms with Crippen LogP contribution in [-0.4, -0.2) is 31.8 Å². The van der Waals surface area contributed by atoms with Crippen LogP contribution in [0.4, 0.5) is 0 Å². The third-order valence-electron chi connectivity index (χ3n) is 4.64. The lowest BCUT2D eigenvalue weighted by atomic mass is 10.1. The molecule has 0 spiro atoms. The van der Waals surface area contributed by atoms with E-state index in [4.69, 9.17) is 25.8 Å². The molecule has 0 aliphatic rings. The first-order valence-corrected chi connectivity index (χ1v) is 10.4. The van der Waals surface area contributed by atoms with E-state index in [0.29, 0.717) is 22.1 Å². The number of rotatable bonds is 8. The number of carbonyl (C=O) groups excluding carboxylic acids is 2. The number of halogens is 1. The molecule has 0 saturated heterocycles. The number of carbonyl (C=O) groups is 2. The second-order valence-corrected chi connectivity index (χ2v) is 7.49. The summed E-state index contributed by atoms with van der Waals surface area (Å²) < 4.78 is 16.3. The fraction of sp³-hybridized carbons (Fsp3) is 0.160. The molecule has 3 aromatic carbocycles. The molecule has 0 atom stereocenters. The molecule has 170 valence electrons. The fourth-order valence-electron chi connectivity index (χ4n) is 3.01. The highest BCUT2D eigenvalue weighted by Gasteiger charge is 2.15. The molecule has 1 N–H and O–H groups in total. The maximum atomic E-state index is 12.4. The smallest absolute Gasteiger partial charge is 0.345 e. The van der Waals surface area contributed by atoms with Gasteiger partial charge >= 0.3 is 5.97 Å². The molecule has 3 rings (SSSR count). The number of para-hydroxylation sites is 1. The van der Waals surface area contributed by atoms with Gasteiger partial charge in [0.1, 0.15) is 5.75 Å². The normalized spacial score (nSPS) is 10.7. The number of amides is 1. The summed E-state index contributed by atoms with van der Waals surface area (Å²) in [6.45, 7) is 3.67. The minimum absolute atomic E-state index is 0.163. The third-order valence-corrected chi connectivity index (χ3v) is 4.97. The fourth-order valence-corrected chi connectivity index (χ4v) is 3.22. The standard InChI is InChI=1S/C25H23ClN2O5/c1-16-7-6-8-17(2)24(16)32-15-23(29)28-27-14-18-11-12-21(22(13-18)31-3)33-25(30)19-9-4-5-10-20(19)26/h4-14H,15H2,1-3H3,(H,28,29). The van der Waals surface area contributed by atoms with Crippen molar-refractivity contribution in [3.8, 4) is 17.2 Å². The predicted octanol–water partition coefficient (Wildman–Crippen LogP) is 4.71. The molecule has 0 aliphatic carbocycles. The zero-order valence-corrected chi connectivity index (χ0v) is 19.2. The number of aryl methyl sites for hydroxylation is 2. The number of hydrogen-bond donors (Lipinski definition) is 1. The van der Waals surface area contributed by atoms with Crippen molar-refractivity contribution in [1.82, 2.24) is 5.43 Å². The van der Waals surface area contributed by atoms with Crippen LogP contribution in [0, 0.1) is 13.8 Å². The molecule has 8 heteroatoms. The van der Waals surface area contributed by atoms with Crippen LogP contribution in [0.3, 0.4) is 0 Å². The lowest BCUT2D eigenvalue weighted by Gasteiger charge is -2.11. The Hall–Kier alpha value is -3.84. The van der Waals surface area contributed by atoms with Gasteiger partial charge in [-0.25, -0.2) is 10.2 Å². The zero-order valence-electron chi connectivity index (χ0n) is 18.4. The van der Waals surface area contributed by atoms with Gasteiger partial charge in [-0.05, 0) is 60.9 Å². The molecule has 0 aliphatic heterocycles. The van der Waals surface area contributed by atoms with Gasteiger partial charge in [0, 0.05) is 0 Å². The summed E-state index contributed by atoms with van der Waals surface area (Å²) in [7, 11) is 1.45. The van der Waals surface area contributed by atoms with Crippen molar-refractivity contribution in [3.05, 3.63) is 87.9 Å². The van der Waals surface area contributed by atoms with Gasteiger partial charge in [0.05, 0.1) is 23.9 Å². The van der Waals surface area contributed by atoms with Crippen LogP contribution in [0.5, 0.6) is 17.2 Å². The molecule has 7 nitrogen and oxygen atoms in total. The summed E-state index contributed by atoms with van der Waals surface area (Å²) in [4.78, 5) is 24.4. The van der Waals surface area contributed by atoms with Gasteiger partial charge in [-0.2, -0.15) is 5.10 Å². The summed E-state index contributed by atoms with van der Waals surface area (Å²) in [6, 6.07) is 17.2. The Morgan fingerprint density at radius 3 is 2.42 bits per heavy atom. The molecular formula is C25H23ClN2O5. The van der Waals surface area contributed by atoms with E-state index in [1.807, 2.05) is 32.0 Å². The summed E-state index contributed by atoms with van der Waals surface area (Å²) in [5.74, 6) is 0.237. The van der Waals surface area contributed by atoms with Crippen molar-refractivity contribution in [2.24, 2.45) is 5.10 Å². The molecule has 0 heterocycles. The van der Waals surface area contributed by atoms with Crippen LogP contribution in [0.1, 0.15) is 27.0 Å². The first kappa shape index (κ1) is 23.8. The maximum Gasteiger partial charge on any atom is 0.345 e. The monoisotopic (exact) mass is 466 g/mol. The highest BCUT2D eigenvalue weighted by atomic mass is 35.5. The Morgan fingerprint density at radius 2 is 1.73 bits per heavy atom. The van der Waals surface area contributed by atoms with Gasteiger partial charge < -0.3 is 14.2 Å². The van der Waals surface area contributed by atoms with E-state index in [0.717, 1.165) is 11.1 Å². The van der Waals surface area contributed by atoms with E-state index in [1.165, 1.54) is 13.3 Å². The van der Waals surface area contributed by atoms with E-state index in [-0.39, 0.29) is 17.9 Å². The molecule has 33 heavy (non-hydrogen) atoms. The number of nitrogens with zero attached hydrogens (tertiary/aromatic N) is 1. The Morgan fingerprint density at radius 1 is 1.00 bits per heavy atom. The molecule has 0 saturated carbocycles. The third kappa shape index (κ3) is 6.33. The van der Waals surface area contributed by atoms with Gasteiger partial charge in [-0.15, -0.1) is 0 Å². The van der Waals surface area contributed by atoms with E-state index >= 15 is 0 Å². The van der Waals surface area contributed by atoms with Gasteiger partial charge in [0.2, 0.25) is 0 Å². The molecule has 0 fully saturated rings. The summed E-state index contributed by atoms with van der Waals surface area (Å²) in [5, 5.41) is 4.23. The Labute approximate surface area is 196 Å². The SMILES string of the molecule is COc1cc(C=NNC(=O)COc2c(C)cccc2C)ccc1OC(=O)c1ccccc1Cl. The number of nitrogens with one attached hydrogen (secondary N) is 1. The Balaban J connectivity index is 1.59. The molecule has 0 aromatic heterocycles. The van der Waals surface area contributed by atoms with Crippen molar-refractivity contribution in [3.63, 3.8) is 0 Å². The number of ether oxygens (including phenoxy) is 3. The number of methoxy groups -OCH3 is 1. The summed E-state index contributed by atoms with van der Waals surface area (Å²) in [6.07, 6.45) is 1.44. The minimum atomic E-state index is -0.600. The average Bonchev–Trinajstić information content (AvgIpc) is 2.79. The van der Waals surface area contributed by atoms with Gasteiger partial charge in [0.15, 0.2) is 18.1 Å². The highest BCUT2D eigenvalue weighted by Crippen LogP contribution is 2.29. The first-order chi connectivity index (χ1) is 15.9. The van der Waals surface area contributed by atoms with E-state index < -0.39 is 11.9 Å². The molecule has 3 aromatic rings. The van der Waals surface area contributed by atoms with E-state index in [9.17, 15) is 9.59 Å². The van der Waals surface area contributed by atoms with Crippen LogP contribution < -0.4 is 19.6 Å². The van der Waals surface area contributed by atoms with Crippen LogP contribution in [0.2, 0.25) is 5.02 Å². The quantitative estimate of drug-likeness (QED) is 0.225. The number of hydrogen-bond acceptors (Lipinski definition) is 6. The predicted molar refractivity (Wildman–Crippen MR) is 127 cm³/mol. The average molecular weight is 467 g/mol. The summed E-state index contributed by atoms with van der Waals surface area (Å²) in [5.41, 5.74) is 5.20. The Bertz CT molecular complexity index is 1170. The zero-order chi connectivity index (χ0) is 23.8. The molecule has 0 radical (unpaired) electrons. The van der Waals surface area contributed by atoms with E-state index in [1.54, 1.807) is 42.5 Å². The second kappa shape index (κ2) is 11.2. The van der Waals surface area contributed by atoms with Gasteiger partial charge in [-0.3, -0.25) is 4.79 Å². The van der Waals surface area contributed by atoms with Crippen molar-refractivity contribution < 1.29 is 23.8 Å². The van der Waals surface area contributed by atoms with Crippen LogP contribution in [-0.2, 0) is 4.79 Å². The lowest BCUT2D eigenvalue weighted by Crippen LogP contribution is -2.25. The molecule has 0 unspecified atom stereocenters. The number of hydrazone groups is 1. The lowest BCUT2D eigenvalue weighted by molar-refractivity contribution is -0.123. The number of esters is 1. The van der Waals surface area contributed by atoms with Crippen molar-refractivity contribution in [1.29, 1.82) is 0 Å². The molecule has 0 bridgehead atoms. The second-order valence-electron chi connectivity index (χ2n) is 7.08. The first-order valence-electron chi connectivity index (χ1n) is 10.0. The van der Waals surface area contributed by atoms with Crippen LogP contribution in [0.15, 0.2) is 65.8 Å². The number of benzene rings is 3. The van der Waals surface area contributed by atoms with Gasteiger partial charge in [-0.1, -0.05) is 41.9 Å². The van der Waals surface area contributed by atoms with E-state index in [2.05, 4.69) is 10.5 Å². The summed E-state index contributed by atoms with van der Waals surface area (Å²) >= 11 is 6.05. The van der Waals surface area contributed by atoms with Crippen LogP contribution in [0.25, 0.3) is 0 Å². The van der Waals surface area contributed by atoms with Gasteiger partial charge in [0.25, 0.3) is 5.91 Å². The maximum absolute atomic E-state index is 12.4. The largest absolute Gasteiger partial charge is 0.493 e. The molecular weight excluding hydrogens is 444 g/mol.